The van der Waals surface area contributed by atoms with Gasteiger partial charge < -0.3 is 0 Å². The zero-order valence-corrected chi connectivity index (χ0v) is 15.8. The Labute approximate surface area is 167 Å². The molecule has 0 aliphatic rings. The molecule has 0 aromatic carbocycles. The van der Waals surface area contributed by atoms with Crippen molar-refractivity contribution >= 4 is 22.9 Å². The maximum Gasteiger partial charge on any atom is 0.435 e. The Bertz CT molecular complexity index is 1320. The number of alkyl halides is 6. The lowest BCUT2D eigenvalue weighted by atomic mass is 10.3. The van der Waals surface area contributed by atoms with Gasteiger partial charge in [0.05, 0.1) is 5.56 Å². The van der Waals surface area contributed by atoms with E-state index in [0.717, 1.165) is 45.4 Å². The second kappa shape index (κ2) is 6.79. The smallest absolute Gasteiger partial charge is 0.292 e. The van der Waals surface area contributed by atoms with Crippen LogP contribution in [-0.4, -0.2) is 29.3 Å². The van der Waals surface area contributed by atoms with Crippen LogP contribution in [0.25, 0.3) is 17.0 Å². The summed E-state index contributed by atoms with van der Waals surface area (Å²) < 4.78 is 81.1. The molecule has 158 valence electrons. The molecule has 0 aliphatic heterocycles. The summed E-state index contributed by atoms with van der Waals surface area (Å²) in [5.74, 6) is 0.474. The number of aromatic nitrogens is 5. The fourth-order valence-electron chi connectivity index (χ4n) is 2.90. The zero-order valence-electron chi connectivity index (χ0n) is 15.0. The van der Waals surface area contributed by atoms with Crippen LogP contribution >= 0.6 is 11.8 Å². The van der Waals surface area contributed by atoms with Crippen molar-refractivity contribution in [2.75, 3.05) is 5.75 Å². The number of fused-ring (bicyclic) bond motifs is 2. The standard InChI is InChI=1S/C17H11F6N5OS/c1-2-30-15-13(24-12-4-3-9(8-27(12)15)16(18,19)20)26-5-6-28-10(14(26)29)7-11(25-28)17(21,22)23/h3-8H,2H2,1H3. The van der Waals surface area contributed by atoms with E-state index in [2.05, 4.69) is 10.1 Å². The van der Waals surface area contributed by atoms with Crippen molar-refractivity contribution in [3.63, 3.8) is 0 Å². The fraction of sp³-hybridized carbons (Fsp3) is 0.235. The van der Waals surface area contributed by atoms with Gasteiger partial charge in [-0.05, 0) is 17.9 Å². The second-order valence-electron chi connectivity index (χ2n) is 6.15. The third kappa shape index (κ3) is 3.32. The molecule has 0 N–H and O–H groups in total. The van der Waals surface area contributed by atoms with Crippen molar-refractivity contribution < 1.29 is 26.3 Å². The summed E-state index contributed by atoms with van der Waals surface area (Å²) in [4.78, 5) is 17.1. The lowest BCUT2D eigenvalue weighted by molar-refractivity contribution is -0.141. The van der Waals surface area contributed by atoms with Gasteiger partial charge in [-0.25, -0.2) is 9.50 Å². The van der Waals surface area contributed by atoms with Crippen molar-refractivity contribution in [1.82, 2.24) is 23.6 Å². The molecule has 30 heavy (non-hydrogen) atoms. The largest absolute Gasteiger partial charge is 0.435 e. The molecule has 0 saturated carbocycles. The third-order valence-corrected chi connectivity index (χ3v) is 5.16. The number of halogens is 6. The average Bonchev–Trinajstić information content (AvgIpc) is 3.24. The fourth-order valence-corrected chi connectivity index (χ4v) is 3.73. The van der Waals surface area contributed by atoms with Crippen LogP contribution in [0.4, 0.5) is 26.3 Å². The van der Waals surface area contributed by atoms with Gasteiger partial charge in [-0.2, -0.15) is 31.4 Å². The van der Waals surface area contributed by atoms with Gasteiger partial charge in [0, 0.05) is 24.7 Å². The summed E-state index contributed by atoms with van der Waals surface area (Å²) in [5, 5.41) is 3.59. The summed E-state index contributed by atoms with van der Waals surface area (Å²) in [6.07, 6.45) is -6.11. The molecule has 0 amide bonds. The van der Waals surface area contributed by atoms with Gasteiger partial charge in [0.25, 0.3) is 5.56 Å². The molecule has 4 aromatic rings. The van der Waals surface area contributed by atoms with Crippen molar-refractivity contribution in [3.05, 3.63) is 58.4 Å². The Hall–Kier alpha value is -2.96. The number of hydrogen-bond acceptors (Lipinski definition) is 4. The van der Waals surface area contributed by atoms with Gasteiger partial charge >= 0.3 is 12.4 Å². The molecule has 13 heteroatoms. The van der Waals surface area contributed by atoms with Crippen molar-refractivity contribution in [2.24, 2.45) is 0 Å². The normalized spacial score (nSPS) is 12.9. The van der Waals surface area contributed by atoms with E-state index in [1.165, 1.54) is 10.6 Å². The molecular weight excluding hydrogens is 436 g/mol. The monoisotopic (exact) mass is 447 g/mol. The van der Waals surface area contributed by atoms with E-state index >= 15 is 0 Å². The minimum Gasteiger partial charge on any atom is -0.292 e. The Kier molecular flexibility index (Phi) is 4.60. The summed E-state index contributed by atoms with van der Waals surface area (Å²) in [7, 11) is 0. The van der Waals surface area contributed by atoms with Crippen molar-refractivity contribution in [3.8, 4) is 5.82 Å². The van der Waals surface area contributed by atoms with Crippen LogP contribution in [-0.2, 0) is 12.4 Å². The molecule has 0 spiro atoms. The van der Waals surface area contributed by atoms with Gasteiger partial charge in [-0.1, -0.05) is 6.92 Å². The van der Waals surface area contributed by atoms with Crippen LogP contribution in [0, 0.1) is 0 Å². The lowest BCUT2D eigenvalue weighted by Crippen LogP contribution is -2.20. The molecule has 4 rings (SSSR count). The number of hydrogen-bond donors (Lipinski definition) is 0. The Morgan fingerprint density at radius 1 is 1.07 bits per heavy atom. The van der Waals surface area contributed by atoms with E-state index in [-0.39, 0.29) is 22.0 Å². The molecule has 0 atom stereocenters. The highest BCUT2D eigenvalue weighted by atomic mass is 32.2. The average molecular weight is 447 g/mol. The first-order valence-electron chi connectivity index (χ1n) is 8.41. The molecule has 0 unspecified atom stereocenters. The predicted octanol–water partition coefficient (Wildman–Crippen LogP) is 4.28. The van der Waals surface area contributed by atoms with Crippen LogP contribution in [0.15, 0.2) is 46.6 Å². The van der Waals surface area contributed by atoms with Gasteiger partial charge in [0.15, 0.2) is 11.5 Å². The highest BCUT2D eigenvalue weighted by Crippen LogP contribution is 2.33. The summed E-state index contributed by atoms with van der Waals surface area (Å²) in [5.41, 5.74) is -3.15. The zero-order chi connectivity index (χ0) is 21.8. The van der Waals surface area contributed by atoms with Crippen LogP contribution in [0.2, 0.25) is 0 Å². The molecule has 0 fully saturated rings. The van der Waals surface area contributed by atoms with E-state index < -0.39 is 29.2 Å². The molecule has 4 aromatic heterocycles. The Morgan fingerprint density at radius 3 is 2.43 bits per heavy atom. The number of nitrogens with zero attached hydrogens (tertiary/aromatic N) is 5. The topological polar surface area (TPSA) is 56.6 Å². The predicted molar refractivity (Wildman–Crippen MR) is 95.9 cm³/mol. The first-order valence-corrected chi connectivity index (χ1v) is 9.40. The Balaban J connectivity index is 1.96. The van der Waals surface area contributed by atoms with E-state index in [0.29, 0.717) is 11.8 Å². The molecule has 0 bridgehead atoms. The van der Waals surface area contributed by atoms with Crippen LogP contribution < -0.4 is 5.56 Å². The maximum atomic E-state index is 13.1. The molecule has 0 aliphatic carbocycles. The highest BCUT2D eigenvalue weighted by molar-refractivity contribution is 7.99. The minimum atomic E-state index is -4.73. The van der Waals surface area contributed by atoms with Gasteiger partial charge in [0.1, 0.15) is 16.2 Å². The molecule has 0 radical (unpaired) electrons. The van der Waals surface area contributed by atoms with Crippen molar-refractivity contribution in [1.29, 1.82) is 0 Å². The lowest BCUT2D eigenvalue weighted by Gasteiger charge is -2.09. The summed E-state index contributed by atoms with van der Waals surface area (Å²) in [6.45, 7) is 1.76. The first kappa shape index (κ1) is 20.3. The highest BCUT2D eigenvalue weighted by Gasteiger charge is 2.35. The third-order valence-electron chi connectivity index (χ3n) is 4.22. The molecule has 4 heterocycles. The van der Waals surface area contributed by atoms with E-state index in [1.54, 1.807) is 6.92 Å². The number of thioether (sulfide) groups is 1. The number of pyridine rings is 1. The number of rotatable bonds is 3. The second-order valence-corrected chi connectivity index (χ2v) is 7.40. The summed E-state index contributed by atoms with van der Waals surface area (Å²) >= 11 is 1.15. The van der Waals surface area contributed by atoms with Gasteiger partial charge in [-0.15, -0.1) is 11.8 Å². The Morgan fingerprint density at radius 2 is 1.80 bits per heavy atom. The van der Waals surface area contributed by atoms with Gasteiger partial charge in [-0.3, -0.25) is 13.8 Å². The maximum absolute atomic E-state index is 13.1. The quantitative estimate of drug-likeness (QED) is 0.348. The van der Waals surface area contributed by atoms with E-state index in [4.69, 9.17) is 0 Å². The van der Waals surface area contributed by atoms with Crippen molar-refractivity contribution in [2.45, 2.75) is 24.3 Å². The van der Waals surface area contributed by atoms with Gasteiger partial charge in [0.2, 0.25) is 0 Å². The SMILES string of the molecule is CCSc1c(-n2ccn3nc(C(F)(F)F)cc3c2=O)nc2ccc(C(F)(F)F)cn12. The summed E-state index contributed by atoms with van der Waals surface area (Å²) in [6, 6.07) is 2.64. The van der Waals surface area contributed by atoms with Crippen LogP contribution in [0.1, 0.15) is 18.2 Å². The first-order chi connectivity index (χ1) is 14.0. The molecule has 0 saturated heterocycles. The van der Waals surface area contributed by atoms with Crippen LogP contribution in [0.3, 0.4) is 0 Å². The van der Waals surface area contributed by atoms with Crippen LogP contribution in [0.5, 0.6) is 0 Å². The number of imidazole rings is 1. The molecule has 6 nitrogen and oxygen atoms in total. The van der Waals surface area contributed by atoms with E-state index in [9.17, 15) is 31.1 Å². The minimum absolute atomic E-state index is 0.0171. The molecular formula is C17H11F6N5OS. The van der Waals surface area contributed by atoms with E-state index in [1.807, 2.05) is 0 Å².